The summed E-state index contributed by atoms with van der Waals surface area (Å²) in [6, 6.07) is 10.7. The highest BCUT2D eigenvalue weighted by Crippen LogP contribution is 2.26. The molecule has 0 atom stereocenters. The molecule has 2 aromatic carbocycles. The van der Waals surface area contributed by atoms with Crippen LogP contribution in [0.3, 0.4) is 0 Å². The Morgan fingerprint density at radius 3 is 2.50 bits per heavy atom. The van der Waals surface area contributed by atoms with Gasteiger partial charge in [-0.25, -0.2) is 9.40 Å². The van der Waals surface area contributed by atoms with Gasteiger partial charge in [-0.2, -0.15) is 0 Å². The van der Waals surface area contributed by atoms with Crippen molar-refractivity contribution in [3.63, 3.8) is 0 Å². The van der Waals surface area contributed by atoms with Crippen molar-refractivity contribution in [1.82, 2.24) is 5.43 Å². The van der Waals surface area contributed by atoms with E-state index in [4.69, 9.17) is 16.3 Å². The maximum absolute atomic E-state index is 13.2. The summed E-state index contributed by atoms with van der Waals surface area (Å²) < 4.78 is 18.3. The molecule has 0 aromatic heterocycles. The van der Waals surface area contributed by atoms with Crippen molar-refractivity contribution in [3.05, 3.63) is 64.4 Å². The van der Waals surface area contributed by atoms with Crippen LogP contribution >= 0.6 is 11.6 Å². The van der Waals surface area contributed by atoms with Crippen LogP contribution in [-0.2, 0) is 9.59 Å². The molecule has 5 nitrogen and oxygen atoms in total. The third kappa shape index (κ3) is 2.96. The number of hydrogen-bond acceptors (Lipinski definition) is 3. The molecule has 2 aromatic rings. The number of rotatable bonds is 3. The summed E-state index contributed by atoms with van der Waals surface area (Å²) in [4.78, 5) is 24.5. The summed E-state index contributed by atoms with van der Waals surface area (Å²) in [5, 5.41) is 0.894. The van der Waals surface area contributed by atoms with Gasteiger partial charge in [-0.05, 0) is 42.0 Å². The molecule has 0 saturated carbocycles. The van der Waals surface area contributed by atoms with E-state index in [1.165, 1.54) is 18.2 Å². The first-order chi connectivity index (χ1) is 11.5. The van der Waals surface area contributed by atoms with E-state index >= 15 is 0 Å². The lowest BCUT2D eigenvalue weighted by molar-refractivity contribution is -0.117. The summed E-state index contributed by atoms with van der Waals surface area (Å²) in [5.74, 6) is -1.02. The lowest BCUT2D eigenvalue weighted by Gasteiger charge is -2.14. The second-order valence-corrected chi connectivity index (χ2v) is 5.42. The molecule has 0 spiro atoms. The normalized spacial score (nSPS) is 15.8. The smallest absolute Gasteiger partial charge is 0.282 e. The van der Waals surface area contributed by atoms with E-state index in [2.05, 4.69) is 5.43 Å². The first-order valence-corrected chi connectivity index (χ1v) is 7.33. The van der Waals surface area contributed by atoms with Crippen molar-refractivity contribution in [2.45, 2.75) is 0 Å². The molecular formula is C17H12ClFN2O3. The molecule has 122 valence electrons. The van der Waals surface area contributed by atoms with E-state index in [1.807, 2.05) is 0 Å². The predicted octanol–water partition coefficient (Wildman–Crippen LogP) is 2.95. The van der Waals surface area contributed by atoms with Crippen LogP contribution in [0.1, 0.15) is 5.56 Å². The molecular weight excluding hydrogens is 335 g/mol. The zero-order chi connectivity index (χ0) is 17.3. The van der Waals surface area contributed by atoms with Gasteiger partial charge in [0.15, 0.2) is 0 Å². The first kappa shape index (κ1) is 16.0. The largest absolute Gasteiger partial charge is 0.497 e. The van der Waals surface area contributed by atoms with Crippen LogP contribution in [0.4, 0.5) is 10.1 Å². The van der Waals surface area contributed by atoms with Crippen molar-refractivity contribution in [3.8, 4) is 5.75 Å². The van der Waals surface area contributed by atoms with E-state index in [0.717, 1.165) is 11.1 Å². The minimum Gasteiger partial charge on any atom is -0.497 e. The minimum absolute atomic E-state index is 0.0272. The van der Waals surface area contributed by atoms with Gasteiger partial charge in [0.2, 0.25) is 0 Å². The van der Waals surface area contributed by atoms with E-state index in [9.17, 15) is 14.0 Å². The van der Waals surface area contributed by atoms with E-state index in [1.54, 1.807) is 31.4 Å². The topological polar surface area (TPSA) is 58.6 Å². The summed E-state index contributed by atoms with van der Waals surface area (Å²) in [5.41, 5.74) is 3.35. The number of methoxy groups -OCH3 is 1. The molecule has 1 N–H and O–H groups in total. The van der Waals surface area contributed by atoms with Gasteiger partial charge in [-0.15, -0.1) is 0 Å². The molecule has 1 aliphatic rings. The maximum atomic E-state index is 13.2. The minimum atomic E-state index is -0.604. The highest BCUT2D eigenvalue weighted by Gasteiger charge is 2.34. The van der Waals surface area contributed by atoms with Crippen molar-refractivity contribution in [2.75, 3.05) is 12.1 Å². The SMILES string of the molecule is COc1ccc(C=C2C(=O)NN(c3ccc(F)c(Cl)c3)C2=O)cc1. The molecule has 0 radical (unpaired) electrons. The van der Waals surface area contributed by atoms with E-state index in [0.29, 0.717) is 11.3 Å². The number of nitrogens with one attached hydrogen (secondary N) is 1. The average Bonchev–Trinajstić information content (AvgIpc) is 2.86. The molecule has 0 aliphatic carbocycles. The monoisotopic (exact) mass is 346 g/mol. The molecule has 1 aliphatic heterocycles. The van der Waals surface area contributed by atoms with Crippen LogP contribution < -0.4 is 15.2 Å². The van der Waals surface area contributed by atoms with Crippen molar-refractivity contribution >= 4 is 35.2 Å². The number of halogens is 2. The van der Waals surface area contributed by atoms with Crippen LogP contribution in [-0.4, -0.2) is 18.9 Å². The summed E-state index contributed by atoms with van der Waals surface area (Å²) in [6.45, 7) is 0. The molecule has 1 heterocycles. The van der Waals surface area contributed by atoms with Gasteiger partial charge >= 0.3 is 0 Å². The van der Waals surface area contributed by atoms with Gasteiger partial charge in [0.25, 0.3) is 11.8 Å². The Hall–Kier alpha value is -2.86. The van der Waals surface area contributed by atoms with Gasteiger partial charge in [0.05, 0.1) is 17.8 Å². The Bertz CT molecular complexity index is 849. The number of nitrogens with zero attached hydrogens (tertiary/aromatic N) is 1. The molecule has 3 rings (SSSR count). The molecule has 1 fully saturated rings. The van der Waals surface area contributed by atoms with Gasteiger partial charge in [0.1, 0.15) is 17.1 Å². The quantitative estimate of drug-likeness (QED) is 0.686. The Labute approximate surface area is 142 Å². The molecule has 0 unspecified atom stereocenters. The Morgan fingerprint density at radius 1 is 1.17 bits per heavy atom. The second-order valence-electron chi connectivity index (χ2n) is 5.01. The molecule has 24 heavy (non-hydrogen) atoms. The fourth-order valence-corrected chi connectivity index (χ4v) is 2.40. The summed E-state index contributed by atoms with van der Waals surface area (Å²) in [7, 11) is 1.55. The number of benzene rings is 2. The number of amides is 2. The van der Waals surface area contributed by atoms with Crippen molar-refractivity contribution in [1.29, 1.82) is 0 Å². The average molecular weight is 347 g/mol. The number of hydrogen-bond donors (Lipinski definition) is 1. The van der Waals surface area contributed by atoms with Gasteiger partial charge in [-0.3, -0.25) is 15.0 Å². The first-order valence-electron chi connectivity index (χ1n) is 6.96. The fourth-order valence-electron chi connectivity index (χ4n) is 2.23. The molecule has 7 heteroatoms. The van der Waals surface area contributed by atoms with Crippen LogP contribution in [0.25, 0.3) is 6.08 Å². The van der Waals surface area contributed by atoms with Crippen molar-refractivity contribution < 1.29 is 18.7 Å². The van der Waals surface area contributed by atoms with Gasteiger partial charge in [-0.1, -0.05) is 23.7 Å². The third-order valence-corrected chi connectivity index (χ3v) is 3.77. The van der Waals surface area contributed by atoms with Crippen LogP contribution in [0, 0.1) is 5.82 Å². The number of ether oxygens (including phenoxy) is 1. The molecule has 2 amide bonds. The second kappa shape index (κ2) is 6.33. The lowest BCUT2D eigenvalue weighted by atomic mass is 10.1. The standard InChI is InChI=1S/C17H12ClFN2O3/c1-24-12-5-2-10(3-6-12)8-13-16(22)20-21(17(13)23)11-4-7-15(19)14(18)9-11/h2-9H,1H3,(H,20,22). The number of hydrazine groups is 1. The fraction of sp³-hybridized carbons (Fsp3) is 0.0588. The van der Waals surface area contributed by atoms with Gasteiger partial charge < -0.3 is 4.74 Å². The molecule has 1 saturated heterocycles. The van der Waals surface area contributed by atoms with Gasteiger partial charge in [0, 0.05) is 0 Å². The van der Waals surface area contributed by atoms with Crippen LogP contribution in [0.2, 0.25) is 5.02 Å². The van der Waals surface area contributed by atoms with Crippen LogP contribution in [0.15, 0.2) is 48.0 Å². The zero-order valence-corrected chi connectivity index (χ0v) is 13.3. The van der Waals surface area contributed by atoms with E-state index < -0.39 is 17.6 Å². The predicted molar refractivity (Wildman–Crippen MR) is 88.0 cm³/mol. The van der Waals surface area contributed by atoms with Crippen molar-refractivity contribution in [2.24, 2.45) is 0 Å². The Morgan fingerprint density at radius 2 is 1.88 bits per heavy atom. The highest BCUT2D eigenvalue weighted by molar-refractivity contribution is 6.33. The third-order valence-electron chi connectivity index (χ3n) is 3.48. The lowest BCUT2D eigenvalue weighted by Crippen LogP contribution is -2.35. The number of anilines is 1. The summed E-state index contributed by atoms with van der Waals surface area (Å²) >= 11 is 5.72. The maximum Gasteiger partial charge on any atom is 0.282 e. The van der Waals surface area contributed by atoms with E-state index in [-0.39, 0.29) is 16.3 Å². The highest BCUT2D eigenvalue weighted by atomic mass is 35.5. The van der Waals surface area contributed by atoms with Crippen LogP contribution in [0.5, 0.6) is 5.75 Å². The number of carbonyl (C=O) groups excluding carboxylic acids is 2. The number of carbonyl (C=O) groups is 2. The molecule has 0 bridgehead atoms. The Balaban J connectivity index is 1.90. The summed E-state index contributed by atoms with van der Waals surface area (Å²) in [6.07, 6.45) is 1.47. The zero-order valence-electron chi connectivity index (χ0n) is 12.5. The Kier molecular flexibility index (Phi) is 4.22.